The minimum Gasteiger partial charge on any atom is -0.308 e. The van der Waals surface area contributed by atoms with Crippen molar-refractivity contribution in [1.29, 1.82) is 0 Å². The summed E-state index contributed by atoms with van der Waals surface area (Å²) in [5.41, 5.74) is 6.38. The molecule has 0 unspecified atom stereocenters. The minimum atomic E-state index is 0.658. The van der Waals surface area contributed by atoms with Crippen LogP contribution in [0.5, 0.6) is 0 Å². The first kappa shape index (κ1) is 29.3. The number of benzene rings is 7. The van der Waals surface area contributed by atoms with Crippen LogP contribution in [0.1, 0.15) is 18.7 Å². The number of thiophene rings is 1. The number of hydrogen-bond acceptors (Lipinski definition) is 4. The molecule has 0 spiro atoms. The van der Waals surface area contributed by atoms with Gasteiger partial charge in [0.25, 0.3) is 0 Å². The van der Waals surface area contributed by atoms with Crippen molar-refractivity contribution >= 4 is 80.4 Å². The summed E-state index contributed by atoms with van der Waals surface area (Å²) in [5.74, 6) is 2.04. The lowest BCUT2D eigenvalue weighted by molar-refractivity contribution is 1.00. The van der Waals surface area contributed by atoms with Gasteiger partial charge in [-0.15, -0.1) is 11.3 Å². The zero-order valence-corrected chi connectivity index (χ0v) is 28.9. The Hall–Kier alpha value is -6.43. The van der Waals surface area contributed by atoms with E-state index in [0.717, 1.165) is 57.0 Å². The quantitative estimate of drug-likeness (QED) is 0.186. The third-order valence-corrected chi connectivity index (χ3v) is 11.7. The smallest absolute Gasteiger partial charge is 0.166 e. The second kappa shape index (κ2) is 11.6. The Morgan fingerprint density at radius 1 is 0.481 bits per heavy atom. The van der Waals surface area contributed by atoms with E-state index in [-0.39, 0.29) is 0 Å². The molecule has 0 N–H and O–H groups in total. The van der Waals surface area contributed by atoms with Gasteiger partial charge in [0.05, 0.1) is 16.7 Å². The molecule has 3 heterocycles. The van der Waals surface area contributed by atoms with Gasteiger partial charge in [0.2, 0.25) is 0 Å². The Kier molecular flexibility index (Phi) is 6.51. The summed E-state index contributed by atoms with van der Waals surface area (Å²) >= 11 is 1.80. The van der Waals surface area contributed by atoms with Crippen molar-refractivity contribution in [2.24, 2.45) is 0 Å². The highest BCUT2D eigenvalue weighted by Gasteiger charge is 2.23. The molecule has 7 aromatic carbocycles. The molecule has 0 bridgehead atoms. The molecule has 0 aliphatic heterocycles. The van der Waals surface area contributed by atoms with Gasteiger partial charge < -0.3 is 4.57 Å². The summed E-state index contributed by atoms with van der Waals surface area (Å²) in [7, 11) is 0. The fourth-order valence-corrected chi connectivity index (χ4v) is 9.23. The first-order chi connectivity index (χ1) is 25.8. The number of aromatic nitrogens is 4. The number of para-hydroxylation sites is 1. The molecule has 244 valence electrons. The summed E-state index contributed by atoms with van der Waals surface area (Å²) in [6, 6.07) is 50.2. The van der Waals surface area contributed by atoms with Crippen LogP contribution in [0.4, 0.5) is 0 Å². The largest absolute Gasteiger partial charge is 0.308 e. The highest BCUT2D eigenvalue weighted by Crippen LogP contribution is 2.42. The van der Waals surface area contributed by atoms with Crippen LogP contribution >= 0.6 is 11.3 Å². The molecule has 0 atom stereocenters. The fourth-order valence-electron chi connectivity index (χ4n) is 8.02. The maximum Gasteiger partial charge on any atom is 0.166 e. The monoisotopic (exact) mass is 682 g/mol. The maximum atomic E-state index is 5.40. The Labute approximate surface area is 303 Å². The third-order valence-electron chi connectivity index (χ3n) is 10.4. The van der Waals surface area contributed by atoms with Crippen molar-refractivity contribution < 1.29 is 0 Å². The average Bonchev–Trinajstić information content (AvgIpc) is 3.75. The lowest BCUT2D eigenvalue weighted by Crippen LogP contribution is -2.06. The van der Waals surface area contributed by atoms with Gasteiger partial charge in [0.15, 0.2) is 17.5 Å². The van der Waals surface area contributed by atoms with E-state index >= 15 is 0 Å². The van der Waals surface area contributed by atoms with Gasteiger partial charge >= 0.3 is 0 Å². The molecular formula is C47H30N4S. The van der Waals surface area contributed by atoms with Gasteiger partial charge in [0.1, 0.15) is 0 Å². The minimum absolute atomic E-state index is 0.658. The molecule has 4 nitrogen and oxygen atoms in total. The summed E-state index contributed by atoms with van der Waals surface area (Å²) < 4.78 is 4.88. The summed E-state index contributed by atoms with van der Waals surface area (Å²) in [4.78, 5) is 15.9. The molecule has 3 aromatic heterocycles. The second-order valence-corrected chi connectivity index (χ2v) is 14.5. The van der Waals surface area contributed by atoms with Crippen LogP contribution in [-0.4, -0.2) is 19.5 Å². The van der Waals surface area contributed by atoms with Crippen molar-refractivity contribution in [2.45, 2.75) is 12.8 Å². The van der Waals surface area contributed by atoms with E-state index < -0.39 is 0 Å². The summed E-state index contributed by atoms with van der Waals surface area (Å²) in [5, 5.41) is 9.66. The van der Waals surface area contributed by atoms with Crippen LogP contribution in [0.2, 0.25) is 0 Å². The highest BCUT2D eigenvalue weighted by atomic mass is 32.1. The first-order valence-corrected chi connectivity index (χ1v) is 18.6. The standard InChI is InChI=1S/C47H30N4S/c1-2-14-30(15-3-1)45-48-46(50-47(49-45)38-22-12-21-36-35-20-9-11-24-42(35)52-44(36)38)37-26-25-29-13-6-7-18-33(29)43(37)51-40-23-10-8-19-34(40)39-27-31-16-4-5-17-32(31)28-41(39)51/h2,4-28H,1,3H2. The Bertz CT molecular complexity index is 3140. The Morgan fingerprint density at radius 3 is 2.02 bits per heavy atom. The topological polar surface area (TPSA) is 43.6 Å². The van der Waals surface area contributed by atoms with Gasteiger partial charge in [-0.3, -0.25) is 0 Å². The molecule has 0 saturated carbocycles. The van der Waals surface area contributed by atoms with Gasteiger partial charge in [0, 0.05) is 53.0 Å². The van der Waals surface area contributed by atoms with Crippen molar-refractivity contribution in [3.05, 3.63) is 164 Å². The number of hydrogen-bond donors (Lipinski definition) is 0. The average molecular weight is 683 g/mol. The second-order valence-electron chi connectivity index (χ2n) is 13.5. The van der Waals surface area contributed by atoms with Gasteiger partial charge in [-0.25, -0.2) is 15.0 Å². The Balaban J connectivity index is 1.25. The molecule has 0 saturated heterocycles. The van der Waals surface area contributed by atoms with Crippen molar-refractivity contribution in [3.63, 3.8) is 0 Å². The fraction of sp³-hybridized carbons (Fsp3) is 0.0426. The predicted molar refractivity (Wildman–Crippen MR) is 219 cm³/mol. The predicted octanol–water partition coefficient (Wildman–Crippen LogP) is 12.7. The van der Waals surface area contributed by atoms with E-state index in [0.29, 0.717) is 17.5 Å². The van der Waals surface area contributed by atoms with Crippen LogP contribution in [0.3, 0.4) is 0 Å². The number of nitrogens with zero attached hydrogens (tertiary/aromatic N) is 4. The SMILES string of the molecule is C1=CC(c2nc(-c3ccc4ccccc4c3-n3c4ccccc4c4cc5ccccc5cc43)nc(-c3cccc4c3sc3ccccc34)n2)=CCC1. The Morgan fingerprint density at radius 2 is 1.17 bits per heavy atom. The van der Waals surface area contributed by atoms with Crippen molar-refractivity contribution in [1.82, 2.24) is 19.5 Å². The third kappa shape index (κ3) is 4.49. The molecule has 10 aromatic rings. The lowest BCUT2D eigenvalue weighted by atomic mass is 10.0. The van der Waals surface area contributed by atoms with Crippen LogP contribution in [0, 0.1) is 0 Å². The van der Waals surface area contributed by atoms with E-state index in [1.807, 2.05) is 0 Å². The van der Waals surface area contributed by atoms with Crippen molar-refractivity contribution in [2.75, 3.05) is 0 Å². The maximum absolute atomic E-state index is 5.40. The lowest BCUT2D eigenvalue weighted by Gasteiger charge is -2.18. The molecule has 52 heavy (non-hydrogen) atoms. The van der Waals surface area contributed by atoms with Crippen molar-refractivity contribution in [3.8, 4) is 28.5 Å². The number of rotatable bonds is 4. The molecule has 0 fully saturated rings. The van der Waals surface area contributed by atoms with E-state index in [9.17, 15) is 0 Å². The highest BCUT2D eigenvalue weighted by molar-refractivity contribution is 7.26. The van der Waals surface area contributed by atoms with Crippen LogP contribution in [-0.2, 0) is 0 Å². The molecule has 1 aliphatic carbocycles. The van der Waals surface area contributed by atoms with Crippen LogP contribution in [0.25, 0.3) is 97.6 Å². The van der Waals surface area contributed by atoms with Gasteiger partial charge in [-0.2, -0.15) is 0 Å². The number of allylic oxidation sites excluding steroid dienone is 4. The molecule has 11 rings (SSSR count). The number of fused-ring (bicyclic) bond motifs is 8. The normalized spacial score (nSPS) is 13.3. The van der Waals surface area contributed by atoms with E-state index in [2.05, 4.69) is 162 Å². The molecule has 0 amide bonds. The van der Waals surface area contributed by atoms with E-state index in [1.165, 1.54) is 41.7 Å². The summed E-state index contributed by atoms with van der Waals surface area (Å²) in [6.45, 7) is 0. The molecule has 1 aliphatic rings. The van der Waals surface area contributed by atoms with Gasteiger partial charge in [-0.05, 0) is 65.4 Å². The van der Waals surface area contributed by atoms with E-state index in [1.54, 1.807) is 11.3 Å². The van der Waals surface area contributed by atoms with Gasteiger partial charge in [-0.1, -0.05) is 121 Å². The zero-order chi connectivity index (χ0) is 34.2. The molecular weight excluding hydrogens is 653 g/mol. The first-order valence-electron chi connectivity index (χ1n) is 17.8. The summed E-state index contributed by atoms with van der Waals surface area (Å²) in [6.07, 6.45) is 8.61. The molecule has 5 heteroatoms. The molecule has 0 radical (unpaired) electrons. The van der Waals surface area contributed by atoms with Crippen LogP contribution in [0.15, 0.2) is 158 Å². The van der Waals surface area contributed by atoms with E-state index in [4.69, 9.17) is 15.0 Å². The zero-order valence-electron chi connectivity index (χ0n) is 28.1. The van der Waals surface area contributed by atoms with Crippen LogP contribution < -0.4 is 0 Å².